The van der Waals surface area contributed by atoms with Crippen LogP contribution in [0.2, 0.25) is 0 Å². The van der Waals surface area contributed by atoms with E-state index in [1.54, 1.807) is 33.8 Å². The van der Waals surface area contributed by atoms with Gasteiger partial charge < -0.3 is 24.8 Å². The largest absolute Gasteiger partial charge is 3.00 e. The molecule has 1 aromatic rings. The summed E-state index contributed by atoms with van der Waals surface area (Å²) in [6, 6.07) is 9.27. The molecule has 0 spiro atoms. The molecule has 0 N–H and O–H groups in total. The monoisotopic (exact) mass is 679 g/mol. The first-order chi connectivity index (χ1) is 18.0. The van der Waals surface area contributed by atoms with Crippen LogP contribution in [0, 0.1) is 50.7 Å². The molecule has 0 aliphatic heterocycles. The van der Waals surface area contributed by atoms with Gasteiger partial charge in [-0.1, -0.05) is 152 Å². The third-order valence-electron chi connectivity index (χ3n) is 13.5. The summed E-state index contributed by atoms with van der Waals surface area (Å²) in [4.78, 5) is 0. The van der Waals surface area contributed by atoms with Gasteiger partial charge in [0.2, 0.25) is 0 Å². The van der Waals surface area contributed by atoms with E-state index in [9.17, 15) is 0 Å². The number of rotatable bonds is 1. The summed E-state index contributed by atoms with van der Waals surface area (Å²) in [5.74, 6) is 3.17. The molecule has 1 radical (unpaired) electrons. The van der Waals surface area contributed by atoms with Gasteiger partial charge in [-0.05, 0) is 58.0 Å². The van der Waals surface area contributed by atoms with Crippen molar-refractivity contribution in [3.63, 3.8) is 0 Å². The first-order valence-electron chi connectivity index (χ1n) is 15.5. The fourth-order valence-corrected chi connectivity index (χ4v) is 9.70. The van der Waals surface area contributed by atoms with Gasteiger partial charge in [-0.15, -0.1) is 6.92 Å². The zero-order valence-corrected chi connectivity index (χ0v) is 32.0. The predicted molar refractivity (Wildman–Crippen MR) is 168 cm³/mol. The smallest absolute Gasteiger partial charge is 1.00 e. The van der Waals surface area contributed by atoms with Crippen molar-refractivity contribution in [2.45, 2.75) is 95.9 Å². The first-order valence-corrected chi connectivity index (χ1v) is 15.5. The summed E-state index contributed by atoms with van der Waals surface area (Å²) in [6.07, 6.45) is 12.5. The Kier molecular flexibility index (Phi) is 9.32. The second kappa shape index (κ2) is 11.0. The molecule has 3 heteroatoms. The second-order valence-corrected chi connectivity index (χ2v) is 16.3. The van der Waals surface area contributed by atoms with Gasteiger partial charge in [-0.25, -0.2) is 5.92 Å². The maximum Gasteiger partial charge on any atom is 3.00 e. The van der Waals surface area contributed by atoms with E-state index < -0.39 is 0 Å². The van der Waals surface area contributed by atoms with Crippen LogP contribution in [0.5, 0.6) is 0 Å². The molecular weight excluding hydrogens is 631 g/mol. The Morgan fingerprint density at radius 1 is 0.905 bits per heavy atom. The molecule has 1 fully saturated rings. The van der Waals surface area contributed by atoms with Gasteiger partial charge in [-0.3, -0.25) is 0 Å². The molecule has 1 saturated carbocycles. The Morgan fingerprint density at radius 3 is 2.12 bits per heavy atom. The summed E-state index contributed by atoms with van der Waals surface area (Å²) < 4.78 is 0. The minimum Gasteiger partial charge on any atom is -1.00 e. The average Bonchev–Trinajstić information content (AvgIpc) is 3.43. The summed E-state index contributed by atoms with van der Waals surface area (Å²) in [7, 11) is 0. The average molecular weight is 682 g/mol. The normalized spacial score (nSPS) is 31.4. The maximum absolute atomic E-state index is 2.69. The van der Waals surface area contributed by atoms with E-state index in [-0.39, 0.29) is 78.1 Å². The number of allylic oxidation sites excluding steroid dienone is 10. The first kappa shape index (κ1) is 35.7. The number of hydrogen-bond donors (Lipinski definition) is 0. The van der Waals surface area contributed by atoms with Gasteiger partial charge in [-0.2, -0.15) is 11.1 Å². The van der Waals surface area contributed by atoms with Crippen LogP contribution in [0.25, 0.3) is 5.57 Å². The van der Waals surface area contributed by atoms with Gasteiger partial charge >= 0.3 is 26.2 Å². The zero-order valence-electron chi connectivity index (χ0n) is 28.0. The van der Waals surface area contributed by atoms with E-state index in [1.807, 2.05) is 0 Å². The number of hydrogen-bond acceptors (Lipinski definition) is 0. The minimum atomic E-state index is 0. The van der Waals surface area contributed by atoms with Crippen LogP contribution in [0.1, 0.15) is 101 Å². The maximum atomic E-state index is 2.69. The number of fused-ring (bicyclic) bond motifs is 6. The molecule has 0 nitrogen and oxygen atoms in total. The molecule has 4 atom stereocenters. The van der Waals surface area contributed by atoms with Crippen molar-refractivity contribution in [1.29, 1.82) is 0 Å². The van der Waals surface area contributed by atoms with Crippen molar-refractivity contribution in [2.24, 2.45) is 44.8 Å². The zero-order chi connectivity index (χ0) is 28.5. The van der Waals surface area contributed by atoms with Crippen molar-refractivity contribution >= 4 is 5.57 Å². The van der Waals surface area contributed by atoms with Crippen LogP contribution in [0.15, 0.2) is 76.4 Å². The molecule has 5 aliphatic carbocycles. The van der Waals surface area contributed by atoms with Crippen LogP contribution in [-0.2, 0) is 32.6 Å². The molecule has 0 bridgehead atoms. The van der Waals surface area contributed by atoms with Crippen molar-refractivity contribution in [3.05, 3.63) is 93.5 Å². The van der Waals surface area contributed by atoms with Crippen molar-refractivity contribution in [1.82, 2.24) is 0 Å². The minimum absolute atomic E-state index is 0. The Balaban J connectivity index is 0.00000161. The second-order valence-electron chi connectivity index (χ2n) is 16.3. The van der Waals surface area contributed by atoms with Crippen molar-refractivity contribution < 1.29 is 51.0 Å². The molecule has 0 heterocycles. The molecule has 225 valence electrons. The summed E-state index contributed by atoms with van der Waals surface area (Å²) in [5, 5.41) is 0. The Bertz CT molecular complexity index is 1420. The van der Waals surface area contributed by atoms with Crippen LogP contribution in [-0.4, -0.2) is 0 Å². The van der Waals surface area contributed by atoms with Gasteiger partial charge in [0.25, 0.3) is 0 Å². The third kappa shape index (κ3) is 4.32. The van der Waals surface area contributed by atoms with Crippen molar-refractivity contribution in [2.75, 3.05) is 0 Å². The Hall–Kier alpha value is -0.747. The van der Waals surface area contributed by atoms with Gasteiger partial charge in [0.1, 0.15) is 0 Å². The molecule has 0 aromatic heterocycles. The summed E-state index contributed by atoms with van der Waals surface area (Å²) >= 11 is 0. The third-order valence-corrected chi connectivity index (χ3v) is 13.5. The van der Waals surface area contributed by atoms with E-state index in [1.165, 1.54) is 16.7 Å². The van der Waals surface area contributed by atoms with Crippen LogP contribution in [0.4, 0.5) is 0 Å². The summed E-state index contributed by atoms with van der Waals surface area (Å²) in [6.45, 7) is 30.1. The van der Waals surface area contributed by atoms with E-state index in [4.69, 9.17) is 0 Å². The number of benzene rings is 1. The summed E-state index contributed by atoms with van der Waals surface area (Å²) in [5.41, 5.74) is 13.2. The fraction of sp³-hybridized carbons (Fsp3) is 0.564. The van der Waals surface area contributed by atoms with Crippen molar-refractivity contribution in [3.8, 4) is 0 Å². The molecule has 0 amide bonds. The molecule has 6 rings (SSSR count). The van der Waals surface area contributed by atoms with E-state index in [0.29, 0.717) is 17.8 Å². The van der Waals surface area contributed by atoms with Crippen LogP contribution in [0.3, 0.4) is 0 Å². The fourth-order valence-electron chi connectivity index (χ4n) is 9.70. The van der Waals surface area contributed by atoms with Gasteiger partial charge in [0.05, 0.1) is 0 Å². The predicted octanol–water partition coefficient (Wildman–Crippen LogP) is 4.75. The van der Waals surface area contributed by atoms with E-state index in [2.05, 4.69) is 132 Å². The van der Waals surface area contributed by atoms with E-state index >= 15 is 0 Å². The SMILES string of the molecule is CC1=CC(C(C)(C)C)=CC1C1CC=CC2=C3C(=C4[C-](C)C(C)(C)C(C)(C)C(C)(C)C4(C)C21)Cc1ccccc13.[Cl-].[Cl-].[Zr+3]. The molecule has 4 unspecified atom stereocenters. The Morgan fingerprint density at radius 2 is 1.52 bits per heavy atom. The molecule has 5 aliphatic rings. The Labute approximate surface area is 289 Å². The molecule has 42 heavy (non-hydrogen) atoms. The van der Waals surface area contributed by atoms with Gasteiger partial charge in [0, 0.05) is 5.92 Å². The quantitative estimate of drug-likeness (QED) is 0.376. The van der Waals surface area contributed by atoms with E-state index in [0.717, 1.165) is 12.8 Å². The van der Waals surface area contributed by atoms with Gasteiger partial charge in [0.15, 0.2) is 0 Å². The molecular formula is C39H51Cl2Zr. The molecule has 1 aromatic carbocycles. The topological polar surface area (TPSA) is 0 Å². The van der Waals surface area contributed by atoms with Crippen LogP contribution < -0.4 is 24.8 Å². The van der Waals surface area contributed by atoms with Crippen LogP contribution >= 0.6 is 0 Å². The number of halogens is 2. The molecule has 0 saturated heterocycles. The standard InChI is InChI=1S/C39H51.2ClH.Zr/c1-23-20-26(35(3,4)5)22-30(23)28-18-15-19-29-32-27-17-14-13-16-25(27)21-31(32)33-24(2)36(6,7)37(8,9)38(10,11)39(33,12)34(28)29;;;/h13-17,19-20,22,28,30,34H,18,21H2,1-12H3;2*1H;/q-1;;;+3/p-2.